The molecule has 0 spiro atoms. The zero-order valence-electron chi connectivity index (χ0n) is 16.0. The maximum Gasteiger partial charge on any atom is 0.317 e. The van der Waals surface area contributed by atoms with Gasteiger partial charge in [-0.05, 0) is 30.5 Å². The summed E-state index contributed by atoms with van der Waals surface area (Å²) in [7, 11) is 0. The second-order valence-electron chi connectivity index (χ2n) is 7.16. The van der Waals surface area contributed by atoms with E-state index in [1.54, 1.807) is 0 Å². The van der Waals surface area contributed by atoms with Gasteiger partial charge >= 0.3 is 5.97 Å². The molecule has 1 aromatic heterocycles. The Bertz CT molecular complexity index is 973. The third kappa shape index (κ3) is 4.18. The molecule has 0 unspecified atom stereocenters. The van der Waals surface area contributed by atoms with Crippen molar-refractivity contribution in [1.29, 1.82) is 0 Å². The van der Waals surface area contributed by atoms with Crippen molar-refractivity contribution in [2.45, 2.75) is 37.7 Å². The minimum absolute atomic E-state index is 0.0520. The Labute approximate surface area is 169 Å². The van der Waals surface area contributed by atoms with Gasteiger partial charge in [-0.1, -0.05) is 61.4 Å². The van der Waals surface area contributed by atoms with Gasteiger partial charge in [0.05, 0.1) is 5.41 Å². The lowest BCUT2D eigenvalue weighted by Crippen LogP contribution is -2.34. The summed E-state index contributed by atoms with van der Waals surface area (Å²) < 4.78 is 5.65. The Kier molecular flexibility index (Phi) is 5.37. The van der Waals surface area contributed by atoms with E-state index < -0.39 is 5.41 Å². The van der Waals surface area contributed by atoms with Gasteiger partial charge in [0.1, 0.15) is 0 Å². The lowest BCUT2D eigenvalue weighted by Gasteiger charge is -2.27. The topological polar surface area (TPSA) is 103 Å². The molecule has 3 aromatic rings. The molecule has 3 N–H and O–H groups in total. The molecule has 2 aromatic carbocycles. The van der Waals surface area contributed by atoms with Crippen LogP contribution in [-0.2, 0) is 21.6 Å². The fraction of sp³-hybridized carbons (Fsp3) is 0.273. The predicted octanol–water partition coefficient (Wildman–Crippen LogP) is 3.75. The molecule has 4 rings (SSSR count). The number of nitrogens with one attached hydrogen (secondary N) is 1. The van der Waals surface area contributed by atoms with Crippen molar-refractivity contribution in [1.82, 2.24) is 15.0 Å². The molecule has 1 saturated carbocycles. The molecule has 1 heterocycles. The maximum absolute atomic E-state index is 13.1. The standard InChI is InChI=1S/C22H23N5O2/c23-20-25-18(26-21(27-20)24-17-11-5-2-6-12-17)15-29-19(28)22(13-7-8-14-22)16-9-3-1-4-10-16/h1-6,9-12H,7-8,13-15H2,(H3,23,24,25,26,27). The molecule has 1 aliphatic rings. The van der Waals surface area contributed by atoms with Crippen LogP contribution in [0.15, 0.2) is 60.7 Å². The molecule has 0 atom stereocenters. The smallest absolute Gasteiger partial charge is 0.317 e. The Morgan fingerprint density at radius 3 is 2.31 bits per heavy atom. The Morgan fingerprint density at radius 1 is 0.966 bits per heavy atom. The van der Waals surface area contributed by atoms with E-state index >= 15 is 0 Å². The first-order valence-corrected chi connectivity index (χ1v) is 9.71. The van der Waals surface area contributed by atoms with E-state index in [0.29, 0.717) is 11.8 Å². The first kappa shape index (κ1) is 18.9. The fourth-order valence-electron chi connectivity index (χ4n) is 3.82. The van der Waals surface area contributed by atoms with Crippen molar-refractivity contribution >= 4 is 23.6 Å². The van der Waals surface area contributed by atoms with E-state index in [9.17, 15) is 4.79 Å². The van der Waals surface area contributed by atoms with Gasteiger partial charge in [-0.2, -0.15) is 15.0 Å². The summed E-state index contributed by atoms with van der Waals surface area (Å²) in [4.78, 5) is 25.6. The quantitative estimate of drug-likeness (QED) is 0.619. The number of para-hydroxylation sites is 1. The van der Waals surface area contributed by atoms with Gasteiger partial charge in [-0.25, -0.2) is 0 Å². The third-order valence-electron chi connectivity index (χ3n) is 5.24. The maximum atomic E-state index is 13.1. The summed E-state index contributed by atoms with van der Waals surface area (Å²) in [6.45, 7) is -0.0520. The van der Waals surface area contributed by atoms with Crippen molar-refractivity contribution < 1.29 is 9.53 Å². The average Bonchev–Trinajstić information content (AvgIpc) is 3.24. The van der Waals surface area contributed by atoms with Crippen LogP contribution in [0.5, 0.6) is 0 Å². The number of nitrogens with zero attached hydrogens (tertiary/aromatic N) is 3. The summed E-state index contributed by atoms with van der Waals surface area (Å²) in [6.07, 6.45) is 3.59. The molecule has 7 nitrogen and oxygen atoms in total. The second-order valence-corrected chi connectivity index (χ2v) is 7.16. The van der Waals surface area contributed by atoms with E-state index in [1.165, 1.54) is 0 Å². The van der Waals surface area contributed by atoms with Crippen LogP contribution in [0.2, 0.25) is 0 Å². The monoisotopic (exact) mass is 389 g/mol. The first-order valence-electron chi connectivity index (χ1n) is 9.71. The number of aromatic nitrogens is 3. The molecule has 0 aliphatic heterocycles. The molecule has 1 fully saturated rings. The molecular formula is C22H23N5O2. The number of ether oxygens (including phenoxy) is 1. The van der Waals surface area contributed by atoms with Crippen LogP contribution >= 0.6 is 0 Å². The van der Waals surface area contributed by atoms with E-state index in [2.05, 4.69) is 20.3 Å². The zero-order valence-corrected chi connectivity index (χ0v) is 16.0. The lowest BCUT2D eigenvalue weighted by molar-refractivity contribution is -0.152. The van der Waals surface area contributed by atoms with Crippen LogP contribution in [0.3, 0.4) is 0 Å². The number of nitrogens with two attached hydrogens (primary N) is 1. The van der Waals surface area contributed by atoms with Crippen LogP contribution in [-0.4, -0.2) is 20.9 Å². The SMILES string of the molecule is Nc1nc(COC(=O)C2(c3ccccc3)CCCC2)nc(Nc2ccccc2)n1. The van der Waals surface area contributed by atoms with E-state index in [1.807, 2.05) is 60.7 Å². The van der Waals surface area contributed by atoms with Crippen molar-refractivity contribution in [3.63, 3.8) is 0 Å². The average molecular weight is 389 g/mol. The number of nitrogen functional groups attached to an aromatic ring is 1. The second kappa shape index (κ2) is 8.26. The van der Waals surface area contributed by atoms with Gasteiger partial charge in [0.2, 0.25) is 11.9 Å². The Hall–Kier alpha value is -3.48. The fourth-order valence-corrected chi connectivity index (χ4v) is 3.82. The highest BCUT2D eigenvalue weighted by atomic mass is 16.5. The molecule has 7 heteroatoms. The zero-order chi connectivity index (χ0) is 20.1. The number of benzene rings is 2. The van der Waals surface area contributed by atoms with Crippen molar-refractivity contribution in [3.05, 3.63) is 72.1 Å². The van der Waals surface area contributed by atoms with Crippen LogP contribution in [0.4, 0.5) is 17.6 Å². The number of anilines is 3. The molecule has 0 radical (unpaired) electrons. The Morgan fingerprint density at radius 2 is 1.62 bits per heavy atom. The van der Waals surface area contributed by atoms with Gasteiger partial charge in [-0.15, -0.1) is 0 Å². The number of carbonyl (C=O) groups excluding carboxylic acids is 1. The molecule has 0 amide bonds. The summed E-state index contributed by atoms with van der Waals surface area (Å²) >= 11 is 0. The molecule has 0 saturated heterocycles. The number of hydrogen-bond acceptors (Lipinski definition) is 7. The third-order valence-corrected chi connectivity index (χ3v) is 5.24. The molecule has 0 bridgehead atoms. The minimum Gasteiger partial charge on any atom is -0.457 e. The lowest BCUT2D eigenvalue weighted by atomic mass is 9.79. The summed E-state index contributed by atoms with van der Waals surface area (Å²) in [5.41, 5.74) is 7.06. The van der Waals surface area contributed by atoms with Crippen molar-refractivity contribution in [2.75, 3.05) is 11.1 Å². The van der Waals surface area contributed by atoms with Crippen molar-refractivity contribution in [3.8, 4) is 0 Å². The normalized spacial score (nSPS) is 15.0. The summed E-state index contributed by atoms with van der Waals surface area (Å²) in [5.74, 6) is 0.458. The number of carbonyl (C=O) groups is 1. The van der Waals surface area contributed by atoms with Crippen LogP contribution in [0.25, 0.3) is 0 Å². The van der Waals surface area contributed by atoms with Crippen molar-refractivity contribution in [2.24, 2.45) is 0 Å². The van der Waals surface area contributed by atoms with E-state index in [-0.39, 0.29) is 18.5 Å². The number of hydrogen-bond donors (Lipinski definition) is 2. The first-order chi connectivity index (χ1) is 14.2. The molecular weight excluding hydrogens is 366 g/mol. The number of rotatable bonds is 6. The highest BCUT2D eigenvalue weighted by Crippen LogP contribution is 2.42. The van der Waals surface area contributed by atoms with Crippen LogP contribution in [0.1, 0.15) is 37.1 Å². The number of esters is 1. The highest BCUT2D eigenvalue weighted by molar-refractivity contribution is 5.83. The van der Waals surface area contributed by atoms with Gasteiger partial charge in [0.15, 0.2) is 12.4 Å². The largest absolute Gasteiger partial charge is 0.457 e. The summed E-state index contributed by atoms with van der Waals surface area (Å²) in [5, 5.41) is 3.08. The van der Waals surface area contributed by atoms with Gasteiger partial charge in [-0.3, -0.25) is 4.79 Å². The molecule has 29 heavy (non-hydrogen) atoms. The van der Waals surface area contributed by atoms with E-state index in [0.717, 1.165) is 36.9 Å². The van der Waals surface area contributed by atoms with Gasteiger partial charge in [0.25, 0.3) is 0 Å². The van der Waals surface area contributed by atoms with E-state index in [4.69, 9.17) is 10.5 Å². The van der Waals surface area contributed by atoms with Crippen LogP contribution in [0, 0.1) is 0 Å². The summed E-state index contributed by atoms with van der Waals surface area (Å²) in [6, 6.07) is 19.4. The molecule has 148 valence electrons. The van der Waals surface area contributed by atoms with Crippen LogP contribution < -0.4 is 11.1 Å². The van der Waals surface area contributed by atoms with Gasteiger partial charge < -0.3 is 15.8 Å². The minimum atomic E-state index is -0.592. The Balaban J connectivity index is 1.49. The predicted molar refractivity (Wildman–Crippen MR) is 110 cm³/mol. The van der Waals surface area contributed by atoms with Gasteiger partial charge in [0, 0.05) is 5.69 Å². The molecule has 1 aliphatic carbocycles. The highest BCUT2D eigenvalue weighted by Gasteiger charge is 2.44.